The van der Waals surface area contributed by atoms with Gasteiger partial charge in [0.1, 0.15) is 0 Å². The number of hydrogen-bond donors (Lipinski definition) is 1. The molecule has 0 bridgehead atoms. The Balaban J connectivity index is 2.01. The number of thiazole rings is 1. The molecule has 2 aromatic carbocycles. The van der Waals surface area contributed by atoms with Crippen molar-refractivity contribution in [3.05, 3.63) is 52.8 Å². The molecule has 20 heavy (non-hydrogen) atoms. The zero-order chi connectivity index (χ0) is 14.3. The topological polar surface area (TPSA) is 24.9 Å². The minimum atomic E-state index is -1.52. The molecule has 7 heteroatoms. The standard InChI is InChI=1S/C13H6ClF3N2S/c14-6-2-1-3-9-12(6)20-13(19-9)18-8-5-4-7(15)10(16)11(8)17/h1-5H,(H,18,19). The summed E-state index contributed by atoms with van der Waals surface area (Å²) in [5, 5.41) is 3.50. The van der Waals surface area contributed by atoms with Crippen molar-refractivity contribution in [2.45, 2.75) is 0 Å². The predicted molar refractivity (Wildman–Crippen MR) is 74.2 cm³/mol. The fourth-order valence-corrected chi connectivity index (χ4v) is 2.87. The molecule has 102 valence electrons. The van der Waals surface area contributed by atoms with Crippen LogP contribution in [0.2, 0.25) is 5.02 Å². The van der Waals surface area contributed by atoms with Crippen LogP contribution in [0.3, 0.4) is 0 Å². The number of rotatable bonds is 2. The highest BCUT2D eigenvalue weighted by Crippen LogP contribution is 2.34. The first-order valence-electron chi connectivity index (χ1n) is 5.52. The number of anilines is 2. The summed E-state index contributed by atoms with van der Waals surface area (Å²) >= 11 is 7.21. The fourth-order valence-electron chi connectivity index (χ4n) is 1.71. The van der Waals surface area contributed by atoms with Crippen LogP contribution < -0.4 is 5.32 Å². The first-order chi connectivity index (χ1) is 9.56. The quantitative estimate of drug-likeness (QED) is 0.665. The largest absolute Gasteiger partial charge is 0.329 e. The summed E-state index contributed by atoms with van der Waals surface area (Å²) in [6.07, 6.45) is 0. The molecule has 0 aliphatic heterocycles. The van der Waals surface area contributed by atoms with Crippen LogP contribution in [-0.2, 0) is 0 Å². The van der Waals surface area contributed by atoms with Gasteiger partial charge in [-0.25, -0.2) is 18.2 Å². The van der Waals surface area contributed by atoms with E-state index in [1.165, 1.54) is 11.3 Å². The second-order valence-electron chi connectivity index (χ2n) is 3.96. The van der Waals surface area contributed by atoms with Crippen molar-refractivity contribution in [2.24, 2.45) is 0 Å². The molecule has 0 radical (unpaired) electrons. The maximum absolute atomic E-state index is 13.6. The molecule has 0 fully saturated rings. The summed E-state index contributed by atoms with van der Waals surface area (Å²) in [7, 11) is 0. The van der Waals surface area contributed by atoms with E-state index in [-0.39, 0.29) is 5.69 Å². The van der Waals surface area contributed by atoms with E-state index in [2.05, 4.69) is 10.3 Å². The highest BCUT2D eigenvalue weighted by atomic mass is 35.5. The maximum atomic E-state index is 13.6. The van der Waals surface area contributed by atoms with E-state index < -0.39 is 17.5 Å². The van der Waals surface area contributed by atoms with Gasteiger partial charge in [0.2, 0.25) is 0 Å². The molecule has 1 heterocycles. The minimum absolute atomic E-state index is 0.181. The van der Waals surface area contributed by atoms with Gasteiger partial charge in [-0.3, -0.25) is 0 Å². The fraction of sp³-hybridized carbons (Fsp3) is 0. The average Bonchev–Trinajstić information content (AvgIpc) is 2.84. The molecule has 0 unspecified atom stereocenters. The molecule has 0 saturated heterocycles. The first-order valence-corrected chi connectivity index (χ1v) is 6.71. The van der Waals surface area contributed by atoms with Gasteiger partial charge in [-0.2, -0.15) is 0 Å². The van der Waals surface area contributed by atoms with E-state index in [0.717, 1.165) is 16.8 Å². The highest BCUT2D eigenvalue weighted by Gasteiger charge is 2.15. The van der Waals surface area contributed by atoms with Crippen LogP contribution in [-0.4, -0.2) is 4.98 Å². The van der Waals surface area contributed by atoms with Gasteiger partial charge < -0.3 is 5.32 Å². The van der Waals surface area contributed by atoms with Crippen LogP contribution in [0.1, 0.15) is 0 Å². The van der Waals surface area contributed by atoms with Crippen LogP contribution >= 0.6 is 22.9 Å². The molecule has 0 aliphatic carbocycles. The van der Waals surface area contributed by atoms with Gasteiger partial charge in [-0.15, -0.1) is 0 Å². The van der Waals surface area contributed by atoms with Crippen molar-refractivity contribution in [1.29, 1.82) is 0 Å². The third-order valence-electron chi connectivity index (χ3n) is 2.64. The van der Waals surface area contributed by atoms with Crippen molar-refractivity contribution in [3.63, 3.8) is 0 Å². The Morgan fingerprint density at radius 3 is 2.60 bits per heavy atom. The summed E-state index contributed by atoms with van der Waals surface area (Å²) < 4.78 is 40.3. The molecule has 3 rings (SSSR count). The van der Waals surface area contributed by atoms with Crippen molar-refractivity contribution >= 4 is 44.0 Å². The van der Waals surface area contributed by atoms with Gasteiger partial charge in [0, 0.05) is 0 Å². The molecule has 3 aromatic rings. The number of benzene rings is 2. The Bertz CT molecular complexity index is 804. The Hall–Kier alpha value is -1.79. The normalized spacial score (nSPS) is 11.0. The molecule has 2 nitrogen and oxygen atoms in total. The molecule has 0 aliphatic rings. The number of halogens is 4. The number of aromatic nitrogens is 1. The maximum Gasteiger partial charge on any atom is 0.196 e. The molecular weight excluding hydrogens is 309 g/mol. The van der Waals surface area contributed by atoms with E-state index in [0.29, 0.717) is 15.7 Å². The van der Waals surface area contributed by atoms with E-state index in [1.807, 2.05) is 0 Å². The lowest BCUT2D eigenvalue weighted by Crippen LogP contribution is -1.98. The Morgan fingerprint density at radius 2 is 1.85 bits per heavy atom. The summed E-state index contributed by atoms with van der Waals surface area (Å²) in [4.78, 5) is 4.20. The molecular formula is C13H6ClF3N2S. The molecule has 1 aromatic heterocycles. The second-order valence-corrected chi connectivity index (χ2v) is 5.36. The van der Waals surface area contributed by atoms with Crippen LogP contribution in [0.15, 0.2) is 30.3 Å². The number of fused-ring (bicyclic) bond motifs is 1. The SMILES string of the molecule is Fc1ccc(Nc2nc3cccc(Cl)c3s2)c(F)c1F. The second kappa shape index (κ2) is 4.96. The van der Waals surface area contributed by atoms with Crippen LogP contribution in [0.25, 0.3) is 10.2 Å². The Labute approximate surface area is 120 Å². The lowest BCUT2D eigenvalue weighted by molar-refractivity contribution is 0.449. The lowest BCUT2D eigenvalue weighted by Gasteiger charge is -2.04. The lowest BCUT2D eigenvalue weighted by atomic mass is 10.3. The van der Waals surface area contributed by atoms with Gasteiger partial charge in [0.15, 0.2) is 22.6 Å². The molecule has 0 atom stereocenters. The third-order valence-corrected chi connectivity index (χ3v) is 4.09. The van der Waals surface area contributed by atoms with E-state index in [4.69, 9.17) is 11.6 Å². The Kier molecular flexibility index (Phi) is 3.27. The minimum Gasteiger partial charge on any atom is -0.329 e. The number of nitrogens with one attached hydrogen (secondary N) is 1. The third kappa shape index (κ3) is 2.21. The average molecular weight is 315 g/mol. The monoisotopic (exact) mass is 314 g/mol. The van der Waals surface area contributed by atoms with Crippen molar-refractivity contribution in [2.75, 3.05) is 5.32 Å². The highest BCUT2D eigenvalue weighted by molar-refractivity contribution is 7.22. The number of hydrogen-bond acceptors (Lipinski definition) is 3. The first kappa shape index (κ1) is 13.2. The van der Waals surface area contributed by atoms with Crippen molar-refractivity contribution in [3.8, 4) is 0 Å². The van der Waals surface area contributed by atoms with Gasteiger partial charge in [0.05, 0.1) is 20.9 Å². The summed E-state index contributed by atoms with van der Waals surface area (Å²) in [5.74, 6) is -4.04. The van der Waals surface area contributed by atoms with Crippen molar-refractivity contribution < 1.29 is 13.2 Å². The molecule has 0 saturated carbocycles. The van der Waals surface area contributed by atoms with E-state index in [1.54, 1.807) is 18.2 Å². The van der Waals surface area contributed by atoms with E-state index in [9.17, 15) is 13.2 Å². The Morgan fingerprint density at radius 1 is 1.05 bits per heavy atom. The van der Waals surface area contributed by atoms with Gasteiger partial charge >= 0.3 is 0 Å². The van der Waals surface area contributed by atoms with Crippen LogP contribution in [0.4, 0.5) is 24.0 Å². The van der Waals surface area contributed by atoms with Crippen molar-refractivity contribution in [1.82, 2.24) is 4.98 Å². The zero-order valence-corrected chi connectivity index (χ0v) is 11.3. The summed E-state index contributed by atoms with van der Waals surface area (Å²) in [5.41, 5.74) is 0.465. The van der Waals surface area contributed by atoms with E-state index >= 15 is 0 Å². The number of nitrogens with zero attached hydrogens (tertiary/aromatic N) is 1. The summed E-state index contributed by atoms with van der Waals surface area (Å²) in [6, 6.07) is 7.17. The van der Waals surface area contributed by atoms with Gasteiger partial charge in [-0.1, -0.05) is 29.0 Å². The zero-order valence-electron chi connectivity index (χ0n) is 9.75. The van der Waals surface area contributed by atoms with Crippen LogP contribution in [0.5, 0.6) is 0 Å². The van der Waals surface area contributed by atoms with Gasteiger partial charge in [-0.05, 0) is 24.3 Å². The van der Waals surface area contributed by atoms with Gasteiger partial charge in [0.25, 0.3) is 0 Å². The molecule has 0 amide bonds. The van der Waals surface area contributed by atoms with Crippen LogP contribution in [0, 0.1) is 17.5 Å². The smallest absolute Gasteiger partial charge is 0.196 e. The predicted octanol–water partition coefficient (Wildman–Crippen LogP) is 5.11. The molecule has 0 spiro atoms. The summed E-state index contributed by atoms with van der Waals surface area (Å²) in [6.45, 7) is 0. The molecule has 1 N–H and O–H groups in total.